The van der Waals surface area contributed by atoms with Crippen LogP contribution in [-0.2, 0) is 16.0 Å². The SMILES string of the molecule is CCOC(=O)CCCN1CCCC1Cc1cccc(F)c1. The van der Waals surface area contributed by atoms with Crippen LogP contribution < -0.4 is 0 Å². The summed E-state index contributed by atoms with van der Waals surface area (Å²) in [7, 11) is 0. The van der Waals surface area contributed by atoms with Crippen molar-refractivity contribution in [1.82, 2.24) is 4.90 Å². The number of halogens is 1. The maximum atomic E-state index is 13.2. The van der Waals surface area contributed by atoms with Gasteiger partial charge in [0.1, 0.15) is 5.82 Å². The molecule has 0 saturated carbocycles. The predicted molar refractivity (Wildman–Crippen MR) is 80.6 cm³/mol. The number of carbonyl (C=O) groups is 1. The second-order valence-electron chi connectivity index (χ2n) is 5.57. The molecule has 0 bridgehead atoms. The molecule has 0 spiro atoms. The van der Waals surface area contributed by atoms with Gasteiger partial charge in [-0.15, -0.1) is 0 Å². The van der Waals surface area contributed by atoms with Crippen LogP contribution in [0.4, 0.5) is 4.39 Å². The third-order valence-corrected chi connectivity index (χ3v) is 3.99. The molecule has 1 aliphatic rings. The van der Waals surface area contributed by atoms with E-state index in [0.717, 1.165) is 37.9 Å². The van der Waals surface area contributed by atoms with Crippen molar-refractivity contribution in [1.29, 1.82) is 0 Å². The van der Waals surface area contributed by atoms with Crippen molar-refractivity contribution in [2.24, 2.45) is 0 Å². The Labute approximate surface area is 126 Å². The fourth-order valence-corrected chi connectivity index (χ4v) is 3.02. The third kappa shape index (κ3) is 5.12. The molecule has 21 heavy (non-hydrogen) atoms. The first kappa shape index (κ1) is 16.0. The molecule has 116 valence electrons. The highest BCUT2D eigenvalue weighted by Crippen LogP contribution is 2.22. The predicted octanol–water partition coefficient (Wildman–Crippen LogP) is 3.18. The fraction of sp³-hybridized carbons (Fsp3) is 0.588. The fourth-order valence-electron chi connectivity index (χ4n) is 3.02. The highest BCUT2D eigenvalue weighted by Gasteiger charge is 2.24. The Balaban J connectivity index is 1.79. The average molecular weight is 293 g/mol. The van der Waals surface area contributed by atoms with Crippen molar-refractivity contribution in [3.05, 3.63) is 35.6 Å². The molecular formula is C17H24FNO2. The van der Waals surface area contributed by atoms with E-state index in [2.05, 4.69) is 4.90 Å². The molecule has 1 fully saturated rings. The van der Waals surface area contributed by atoms with E-state index in [4.69, 9.17) is 4.74 Å². The molecule has 1 aliphatic heterocycles. The van der Waals surface area contributed by atoms with Crippen LogP contribution in [0.1, 0.15) is 38.2 Å². The summed E-state index contributed by atoms with van der Waals surface area (Å²) in [5.74, 6) is -0.280. The number of hydrogen-bond acceptors (Lipinski definition) is 3. The Kier molecular flexibility index (Phi) is 6.18. The summed E-state index contributed by atoms with van der Waals surface area (Å²) in [5.41, 5.74) is 1.05. The number of esters is 1. The lowest BCUT2D eigenvalue weighted by atomic mass is 10.0. The molecule has 0 amide bonds. The zero-order chi connectivity index (χ0) is 15.1. The van der Waals surface area contributed by atoms with E-state index in [0.29, 0.717) is 19.1 Å². The van der Waals surface area contributed by atoms with Gasteiger partial charge < -0.3 is 9.64 Å². The molecule has 1 unspecified atom stereocenters. The maximum Gasteiger partial charge on any atom is 0.305 e. The molecule has 1 aromatic rings. The summed E-state index contributed by atoms with van der Waals surface area (Å²) in [6, 6.07) is 7.32. The number of likely N-dealkylation sites (tertiary alicyclic amines) is 1. The van der Waals surface area contributed by atoms with Gasteiger partial charge in [-0.25, -0.2) is 4.39 Å². The summed E-state index contributed by atoms with van der Waals surface area (Å²) in [5, 5.41) is 0. The van der Waals surface area contributed by atoms with E-state index in [1.54, 1.807) is 12.1 Å². The minimum atomic E-state index is -0.167. The zero-order valence-corrected chi connectivity index (χ0v) is 12.7. The molecule has 0 aromatic heterocycles. The smallest absolute Gasteiger partial charge is 0.305 e. The monoisotopic (exact) mass is 293 g/mol. The molecule has 1 saturated heterocycles. The van der Waals surface area contributed by atoms with Crippen LogP contribution in [0.15, 0.2) is 24.3 Å². The normalized spacial score (nSPS) is 18.9. The van der Waals surface area contributed by atoms with Gasteiger partial charge in [0.2, 0.25) is 0 Å². The van der Waals surface area contributed by atoms with Gasteiger partial charge in [-0.2, -0.15) is 0 Å². The highest BCUT2D eigenvalue weighted by molar-refractivity contribution is 5.69. The van der Waals surface area contributed by atoms with Gasteiger partial charge in [0, 0.05) is 12.5 Å². The minimum Gasteiger partial charge on any atom is -0.466 e. The molecule has 4 heteroatoms. The standard InChI is InChI=1S/C17H24FNO2/c1-2-21-17(20)9-5-11-19-10-4-8-16(19)13-14-6-3-7-15(18)12-14/h3,6-7,12,16H,2,4-5,8-11,13H2,1H3. The van der Waals surface area contributed by atoms with Crippen molar-refractivity contribution >= 4 is 5.97 Å². The topological polar surface area (TPSA) is 29.5 Å². The van der Waals surface area contributed by atoms with Crippen LogP contribution >= 0.6 is 0 Å². The van der Waals surface area contributed by atoms with E-state index < -0.39 is 0 Å². The third-order valence-electron chi connectivity index (χ3n) is 3.99. The quantitative estimate of drug-likeness (QED) is 0.723. The number of rotatable bonds is 7. The van der Waals surface area contributed by atoms with Gasteiger partial charge in [-0.05, 0) is 63.4 Å². The molecule has 2 rings (SSSR count). The van der Waals surface area contributed by atoms with E-state index >= 15 is 0 Å². The van der Waals surface area contributed by atoms with Crippen LogP contribution in [0.25, 0.3) is 0 Å². The Morgan fingerprint density at radius 3 is 3.10 bits per heavy atom. The van der Waals surface area contributed by atoms with Gasteiger partial charge in [-0.1, -0.05) is 12.1 Å². The van der Waals surface area contributed by atoms with Crippen LogP contribution in [0.3, 0.4) is 0 Å². The highest BCUT2D eigenvalue weighted by atomic mass is 19.1. The molecule has 1 heterocycles. The summed E-state index contributed by atoms with van der Waals surface area (Å²) in [6.45, 7) is 4.26. The lowest BCUT2D eigenvalue weighted by Gasteiger charge is -2.24. The average Bonchev–Trinajstić information content (AvgIpc) is 2.86. The zero-order valence-electron chi connectivity index (χ0n) is 12.7. The van der Waals surface area contributed by atoms with E-state index in [-0.39, 0.29) is 11.8 Å². The van der Waals surface area contributed by atoms with Crippen molar-refractivity contribution in [3.63, 3.8) is 0 Å². The lowest BCUT2D eigenvalue weighted by Crippen LogP contribution is -2.32. The van der Waals surface area contributed by atoms with Crippen molar-refractivity contribution < 1.29 is 13.9 Å². The molecule has 3 nitrogen and oxygen atoms in total. The molecular weight excluding hydrogens is 269 g/mol. The summed E-state index contributed by atoms with van der Waals surface area (Å²) < 4.78 is 18.2. The van der Waals surface area contributed by atoms with E-state index in [1.165, 1.54) is 12.5 Å². The Hall–Kier alpha value is -1.42. The number of carbonyl (C=O) groups excluding carboxylic acids is 1. The van der Waals surface area contributed by atoms with Crippen LogP contribution in [0.2, 0.25) is 0 Å². The maximum absolute atomic E-state index is 13.2. The van der Waals surface area contributed by atoms with Gasteiger partial charge in [0.15, 0.2) is 0 Å². The molecule has 1 atom stereocenters. The second-order valence-corrected chi connectivity index (χ2v) is 5.57. The van der Waals surface area contributed by atoms with Crippen molar-refractivity contribution in [3.8, 4) is 0 Å². The molecule has 0 aliphatic carbocycles. The van der Waals surface area contributed by atoms with Gasteiger partial charge >= 0.3 is 5.97 Å². The Morgan fingerprint density at radius 2 is 2.33 bits per heavy atom. The van der Waals surface area contributed by atoms with Crippen molar-refractivity contribution in [2.75, 3.05) is 19.7 Å². The first-order valence-corrected chi connectivity index (χ1v) is 7.83. The van der Waals surface area contributed by atoms with Crippen LogP contribution in [0, 0.1) is 5.82 Å². The van der Waals surface area contributed by atoms with Crippen molar-refractivity contribution in [2.45, 2.75) is 45.1 Å². The summed E-state index contributed by atoms with van der Waals surface area (Å²) in [4.78, 5) is 13.8. The molecule has 0 N–H and O–H groups in total. The number of nitrogens with zero attached hydrogens (tertiary/aromatic N) is 1. The Bertz CT molecular complexity index is 464. The summed E-state index contributed by atoms with van der Waals surface area (Å²) in [6.07, 6.45) is 4.53. The molecule has 1 aromatic carbocycles. The first-order chi connectivity index (χ1) is 10.2. The van der Waals surface area contributed by atoms with Crippen LogP contribution in [0.5, 0.6) is 0 Å². The number of hydrogen-bond donors (Lipinski definition) is 0. The van der Waals surface area contributed by atoms with Gasteiger partial charge in [0.05, 0.1) is 6.61 Å². The number of benzene rings is 1. The van der Waals surface area contributed by atoms with Gasteiger partial charge in [-0.3, -0.25) is 4.79 Å². The van der Waals surface area contributed by atoms with E-state index in [9.17, 15) is 9.18 Å². The Morgan fingerprint density at radius 1 is 1.48 bits per heavy atom. The largest absolute Gasteiger partial charge is 0.466 e. The number of ether oxygens (including phenoxy) is 1. The second kappa shape index (κ2) is 8.13. The lowest BCUT2D eigenvalue weighted by molar-refractivity contribution is -0.143. The molecule has 0 radical (unpaired) electrons. The van der Waals surface area contributed by atoms with Gasteiger partial charge in [0.25, 0.3) is 0 Å². The van der Waals surface area contributed by atoms with E-state index in [1.807, 2.05) is 13.0 Å². The first-order valence-electron chi connectivity index (χ1n) is 7.83. The summed E-state index contributed by atoms with van der Waals surface area (Å²) >= 11 is 0. The minimum absolute atomic E-state index is 0.113. The van der Waals surface area contributed by atoms with Crippen LogP contribution in [-0.4, -0.2) is 36.6 Å².